The fraction of sp³-hybridized carbons (Fsp3) is 0.111. The highest BCUT2D eigenvalue weighted by atomic mass is 32.2. The van der Waals surface area contributed by atoms with Gasteiger partial charge in [0.2, 0.25) is 21.1 Å². The maximum atomic E-state index is 11.9. The molecular formula is C54H43O11S6+. The smallest absolute Gasteiger partial charge is 0.307 e. The number of carboxylic acids is 1. The van der Waals surface area contributed by atoms with Crippen LogP contribution >= 0.6 is 34.9 Å². The van der Waals surface area contributed by atoms with Gasteiger partial charge in [0.05, 0.1) is 21.1 Å². The molecule has 1 fully saturated rings. The van der Waals surface area contributed by atoms with Crippen molar-refractivity contribution in [2.75, 3.05) is 0 Å². The summed E-state index contributed by atoms with van der Waals surface area (Å²) in [5.41, 5.74) is 7.85. The van der Waals surface area contributed by atoms with Crippen LogP contribution in [0, 0.1) is 11.8 Å². The molecule has 2 heterocycles. The van der Waals surface area contributed by atoms with Gasteiger partial charge in [0.15, 0.2) is 0 Å². The zero-order valence-corrected chi connectivity index (χ0v) is 42.2. The van der Waals surface area contributed by atoms with Gasteiger partial charge in [-0.3, -0.25) is 18.5 Å². The minimum Gasteiger partial charge on any atom is -0.481 e. The number of thioether (sulfide) groups is 2. The third kappa shape index (κ3) is 12.0. The molecule has 0 radical (unpaired) electrons. The third-order valence-electron chi connectivity index (χ3n) is 12.2. The summed E-state index contributed by atoms with van der Waals surface area (Å²) in [6.45, 7) is 0. The molecule has 1 aromatic heterocycles. The summed E-state index contributed by atoms with van der Waals surface area (Å²) in [5, 5.41) is 9.46. The van der Waals surface area contributed by atoms with Gasteiger partial charge in [-0.25, -0.2) is 0 Å². The highest BCUT2D eigenvalue weighted by molar-refractivity contribution is 8.16. The molecule has 2 unspecified atom stereocenters. The van der Waals surface area contributed by atoms with Crippen molar-refractivity contribution in [1.82, 2.24) is 0 Å². The molecule has 0 spiro atoms. The summed E-state index contributed by atoms with van der Waals surface area (Å²) in [5.74, 6) is -0.434. The van der Waals surface area contributed by atoms with Gasteiger partial charge in [0, 0.05) is 42.9 Å². The van der Waals surface area contributed by atoms with Crippen LogP contribution in [0.15, 0.2) is 211 Å². The molecule has 2 atom stereocenters. The van der Waals surface area contributed by atoms with Gasteiger partial charge in [-0.2, -0.15) is 25.3 Å². The van der Waals surface area contributed by atoms with Crippen molar-refractivity contribution in [3.63, 3.8) is 0 Å². The maximum Gasteiger partial charge on any atom is 0.307 e. The van der Waals surface area contributed by atoms with Gasteiger partial charge in [-0.15, -0.1) is 0 Å². The molecule has 2 aliphatic carbocycles. The molecule has 11 nitrogen and oxygen atoms in total. The van der Waals surface area contributed by atoms with Crippen LogP contribution in [0.3, 0.4) is 0 Å². The molecule has 1 aliphatic heterocycles. The van der Waals surface area contributed by atoms with Crippen molar-refractivity contribution in [2.45, 2.75) is 45.3 Å². The molecule has 360 valence electrons. The van der Waals surface area contributed by atoms with E-state index in [1.807, 2.05) is 72.8 Å². The highest BCUT2D eigenvalue weighted by Crippen LogP contribution is 2.54. The normalized spacial score (nSPS) is 17.9. The second-order valence-electron chi connectivity index (χ2n) is 17.0. The van der Waals surface area contributed by atoms with E-state index in [1.54, 1.807) is 59.5 Å². The molecule has 6 aromatic rings. The Kier molecular flexibility index (Phi) is 14.5. The van der Waals surface area contributed by atoms with Gasteiger partial charge in [-0.05, 0) is 155 Å². The van der Waals surface area contributed by atoms with Crippen molar-refractivity contribution >= 4 is 87.1 Å². The third-order valence-corrected chi connectivity index (χ3v) is 18.3. The Morgan fingerprint density at radius 3 is 1.61 bits per heavy atom. The Morgan fingerprint density at radius 2 is 1.10 bits per heavy atom. The molecule has 17 heteroatoms. The van der Waals surface area contributed by atoms with Crippen LogP contribution in [0.5, 0.6) is 0 Å². The molecule has 9 rings (SSSR count). The lowest BCUT2D eigenvalue weighted by atomic mass is 9.84. The summed E-state index contributed by atoms with van der Waals surface area (Å²) in [6.07, 6.45) is 15.2. The fourth-order valence-electron chi connectivity index (χ4n) is 8.75. The molecule has 0 saturated heterocycles. The summed E-state index contributed by atoms with van der Waals surface area (Å²) in [4.78, 5) is 16.3. The Bertz CT molecular complexity index is 3500. The van der Waals surface area contributed by atoms with Crippen LogP contribution in [0.25, 0.3) is 36.8 Å². The SMILES string of the molecule is O=C(O)Cc1ccc(SC2=C(/C=C/c3cc(-c4ccccc4)[s+]c(-c4ccc(S(=O)(=O)O)cc4)c3)C3CCC(C3)/C2=C\C=C2C=C(c3ccc(S(=O)(=O)O)cc3)SC(c3ccc(S(=O)(=O)O)cc3)=C2)cc1. The number of carboxylic acid groups (broad SMARTS) is 1. The molecule has 71 heavy (non-hydrogen) atoms. The van der Waals surface area contributed by atoms with Gasteiger partial charge in [0.1, 0.15) is 0 Å². The van der Waals surface area contributed by atoms with E-state index in [0.29, 0.717) is 16.7 Å². The first-order valence-electron chi connectivity index (χ1n) is 22.1. The van der Waals surface area contributed by atoms with Gasteiger partial charge >= 0.3 is 5.97 Å². The quantitative estimate of drug-likeness (QED) is 0.0594. The predicted octanol–water partition coefficient (Wildman–Crippen LogP) is 12.9. The van der Waals surface area contributed by atoms with Crippen LogP contribution < -0.4 is 0 Å². The minimum atomic E-state index is -4.43. The fourth-order valence-corrected chi connectivity index (χ4v) is 13.7. The monoisotopic (exact) mass is 1060 g/mol. The van der Waals surface area contributed by atoms with E-state index >= 15 is 0 Å². The van der Waals surface area contributed by atoms with Gasteiger partial charge < -0.3 is 5.11 Å². The lowest BCUT2D eigenvalue weighted by Gasteiger charge is -2.28. The number of fused-ring (bicyclic) bond motifs is 2. The van der Waals surface area contributed by atoms with Crippen molar-refractivity contribution in [1.29, 1.82) is 0 Å². The van der Waals surface area contributed by atoms with E-state index in [1.165, 1.54) is 48.2 Å². The lowest BCUT2D eigenvalue weighted by Crippen LogP contribution is -2.12. The number of hydrogen-bond acceptors (Lipinski definition) is 9. The average Bonchev–Trinajstić information content (AvgIpc) is 3.78. The van der Waals surface area contributed by atoms with Crippen LogP contribution in [0.4, 0.5) is 0 Å². The molecular weight excluding hydrogens is 1020 g/mol. The molecule has 4 N–H and O–H groups in total. The summed E-state index contributed by atoms with van der Waals surface area (Å²) in [6, 6.07) is 39.6. The van der Waals surface area contributed by atoms with Crippen molar-refractivity contribution < 1.29 is 48.8 Å². The molecule has 2 bridgehead atoms. The number of hydrogen-bond donors (Lipinski definition) is 4. The number of rotatable bonds is 14. The van der Waals surface area contributed by atoms with Crippen LogP contribution in [-0.2, 0) is 41.6 Å². The first kappa shape index (κ1) is 50.0. The Hall–Kier alpha value is -5.99. The second-order valence-corrected chi connectivity index (χ2v) is 24.5. The largest absolute Gasteiger partial charge is 0.481 e. The van der Waals surface area contributed by atoms with Crippen LogP contribution in [0.1, 0.15) is 41.5 Å². The first-order valence-corrected chi connectivity index (χ1v) is 28.8. The van der Waals surface area contributed by atoms with E-state index in [-0.39, 0.29) is 32.9 Å². The second kappa shape index (κ2) is 20.6. The summed E-state index contributed by atoms with van der Waals surface area (Å²) in [7, 11) is -13.2. The average molecular weight is 1060 g/mol. The maximum absolute atomic E-state index is 11.9. The highest BCUT2D eigenvalue weighted by Gasteiger charge is 2.37. The lowest BCUT2D eigenvalue weighted by molar-refractivity contribution is -0.136. The minimum absolute atomic E-state index is 0.0985. The zero-order chi connectivity index (χ0) is 50.1. The van der Waals surface area contributed by atoms with Gasteiger partial charge in [0.25, 0.3) is 30.4 Å². The van der Waals surface area contributed by atoms with Crippen LogP contribution in [0.2, 0.25) is 0 Å². The van der Waals surface area contributed by atoms with E-state index in [0.717, 1.165) is 82.0 Å². The zero-order valence-electron chi connectivity index (χ0n) is 37.3. The predicted molar refractivity (Wildman–Crippen MR) is 282 cm³/mol. The molecule has 0 amide bonds. The van der Waals surface area contributed by atoms with E-state index < -0.39 is 36.3 Å². The number of benzene rings is 5. The summed E-state index contributed by atoms with van der Waals surface area (Å²) < 4.78 is 100. The number of allylic oxidation sites excluding steroid dienone is 8. The standard InChI is InChI=1S/C54H42O11S6/c55-53(56)32-34-6-18-43(19-7-34)66-54-47(26-8-35-28-49(37-4-2-1-3-5-37)67-50(29-35)38-12-20-44(21-13-38)69(57,58)59)41-10-11-42(33-41)48(54)27-9-36-30-51(39-14-22-45(23-15-39)70(60,61)62)68-52(31-36)40-16-24-46(25-17-40)71(63,64)65/h1-9,12-31,41-42H,10-11,32-33H2,(H3-,55,56,57,58,59,60,61,62,63,64,65)/p+1. The topological polar surface area (TPSA) is 200 Å². The van der Waals surface area contributed by atoms with Crippen molar-refractivity contribution in [3.8, 4) is 20.9 Å². The molecule has 5 aromatic carbocycles. The molecule has 1 saturated carbocycles. The van der Waals surface area contributed by atoms with Crippen LogP contribution in [-0.4, -0.2) is 50.0 Å². The molecule has 3 aliphatic rings. The Labute approximate surface area is 424 Å². The van der Waals surface area contributed by atoms with Crippen molar-refractivity contribution in [3.05, 3.63) is 214 Å². The van der Waals surface area contributed by atoms with Gasteiger partial charge in [-0.1, -0.05) is 102 Å². The Morgan fingerprint density at radius 1 is 0.606 bits per heavy atom. The summed E-state index contributed by atoms with van der Waals surface area (Å²) >= 11 is 4.59. The Balaban J connectivity index is 1.17. The number of carbonyl (C=O) groups is 1. The van der Waals surface area contributed by atoms with Crippen molar-refractivity contribution in [2.24, 2.45) is 11.8 Å². The first-order chi connectivity index (χ1) is 33.8. The van der Waals surface area contributed by atoms with E-state index in [9.17, 15) is 48.8 Å². The van der Waals surface area contributed by atoms with E-state index in [2.05, 4.69) is 30.4 Å². The van der Waals surface area contributed by atoms with E-state index in [4.69, 9.17) is 0 Å². The number of aliphatic carboxylic acids is 1.